The van der Waals surface area contributed by atoms with Crippen LogP contribution in [0.3, 0.4) is 0 Å². The van der Waals surface area contributed by atoms with Gasteiger partial charge in [-0.1, -0.05) is 5.92 Å². The highest BCUT2D eigenvalue weighted by atomic mass is 16.4. The first-order valence-electron chi connectivity index (χ1n) is 3.06. The van der Waals surface area contributed by atoms with Crippen LogP contribution in [0.1, 0.15) is 19.3 Å². The molecule has 0 bridgehead atoms. The Morgan fingerprint density at radius 2 is 1.91 bits per heavy atom. The fourth-order valence-corrected chi connectivity index (χ4v) is 0.466. The molecule has 0 heterocycles. The van der Waals surface area contributed by atoms with Gasteiger partial charge < -0.3 is 10.2 Å². The molecular formula is C7H8O4. The van der Waals surface area contributed by atoms with E-state index in [1.165, 1.54) is 0 Å². The van der Waals surface area contributed by atoms with Crippen molar-refractivity contribution < 1.29 is 19.8 Å². The van der Waals surface area contributed by atoms with Gasteiger partial charge in [-0.05, 0) is 6.42 Å². The van der Waals surface area contributed by atoms with Crippen LogP contribution in [0.2, 0.25) is 0 Å². The fourth-order valence-electron chi connectivity index (χ4n) is 0.466. The molecule has 0 amide bonds. The lowest BCUT2D eigenvalue weighted by molar-refractivity contribution is -0.137. The van der Waals surface area contributed by atoms with Crippen LogP contribution in [0.5, 0.6) is 0 Å². The van der Waals surface area contributed by atoms with E-state index < -0.39 is 11.9 Å². The summed E-state index contributed by atoms with van der Waals surface area (Å²) < 4.78 is 0. The zero-order valence-corrected chi connectivity index (χ0v) is 5.83. The minimum Gasteiger partial charge on any atom is -0.481 e. The number of carboxylic acids is 2. The van der Waals surface area contributed by atoms with E-state index in [0.717, 1.165) is 0 Å². The Morgan fingerprint density at radius 3 is 2.36 bits per heavy atom. The molecule has 0 aromatic rings. The van der Waals surface area contributed by atoms with E-state index in [-0.39, 0.29) is 6.42 Å². The molecule has 0 saturated heterocycles. The van der Waals surface area contributed by atoms with E-state index in [4.69, 9.17) is 10.2 Å². The first-order valence-corrected chi connectivity index (χ1v) is 3.06. The molecule has 0 spiro atoms. The van der Waals surface area contributed by atoms with E-state index in [0.29, 0.717) is 12.8 Å². The molecule has 0 atom stereocenters. The van der Waals surface area contributed by atoms with Crippen molar-refractivity contribution >= 4 is 11.9 Å². The van der Waals surface area contributed by atoms with Crippen molar-refractivity contribution in [3.8, 4) is 11.8 Å². The van der Waals surface area contributed by atoms with E-state index in [1.807, 2.05) is 5.92 Å². The zero-order valence-electron chi connectivity index (χ0n) is 5.83. The minimum absolute atomic E-state index is 0.0360. The first-order chi connectivity index (χ1) is 5.13. The van der Waals surface area contributed by atoms with Gasteiger partial charge in [0, 0.05) is 18.8 Å². The molecule has 0 aliphatic carbocycles. The normalized spacial score (nSPS) is 8.00. The van der Waals surface area contributed by atoms with Crippen LogP contribution in [0.15, 0.2) is 0 Å². The third-order valence-electron chi connectivity index (χ3n) is 0.888. The van der Waals surface area contributed by atoms with Crippen molar-refractivity contribution in [3.05, 3.63) is 0 Å². The third kappa shape index (κ3) is 8.50. The summed E-state index contributed by atoms with van der Waals surface area (Å²) in [6.45, 7) is 0. The predicted molar refractivity (Wildman–Crippen MR) is 36.9 cm³/mol. The predicted octanol–water partition coefficient (Wildman–Crippen LogP) is 0.329. The molecule has 0 rings (SSSR count). The van der Waals surface area contributed by atoms with Crippen LogP contribution >= 0.6 is 0 Å². The quantitative estimate of drug-likeness (QED) is 0.456. The van der Waals surface area contributed by atoms with E-state index in [9.17, 15) is 9.59 Å². The second kappa shape index (κ2) is 5.30. The Kier molecular flexibility index (Phi) is 4.58. The molecule has 0 aliphatic heterocycles. The Hall–Kier alpha value is -1.50. The topological polar surface area (TPSA) is 74.6 Å². The highest BCUT2D eigenvalue weighted by Gasteiger charge is 1.93. The van der Waals surface area contributed by atoms with Gasteiger partial charge in [0.15, 0.2) is 0 Å². The maximum Gasteiger partial charge on any atom is 0.381 e. The number of carboxylic acid groups (broad SMARTS) is 2. The number of hydrogen-bond acceptors (Lipinski definition) is 2. The highest BCUT2D eigenvalue weighted by molar-refractivity contribution is 5.86. The average molecular weight is 156 g/mol. The van der Waals surface area contributed by atoms with Crippen molar-refractivity contribution in [2.75, 3.05) is 0 Å². The summed E-state index contributed by atoms with van der Waals surface area (Å²) in [6, 6.07) is 0. The van der Waals surface area contributed by atoms with Crippen LogP contribution in [0.4, 0.5) is 0 Å². The standard InChI is InChI=1S/C7H8O4/c8-6(9)4-2-1-3-5-7(10)11/h1-2,4H2,(H,8,9)(H,10,11). The summed E-state index contributed by atoms with van der Waals surface area (Å²) in [4.78, 5) is 19.7. The number of carbonyl (C=O) groups is 2. The minimum atomic E-state index is -1.18. The number of aliphatic carboxylic acids is 2. The average Bonchev–Trinajstić information content (AvgIpc) is 1.85. The fraction of sp³-hybridized carbons (Fsp3) is 0.429. The van der Waals surface area contributed by atoms with Crippen LogP contribution in [0, 0.1) is 11.8 Å². The summed E-state index contributed by atoms with van der Waals surface area (Å²) in [5.74, 6) is 2.15. The van der Waals surface area contributed by atoms with Gasteiger partial charge in [0.1, 0.15) is 0 Å². The van der Waals surface area contributed by atoms with Gasteiger partial charge in [-0.25, -0.2) is 4.79 Å². The van der Waals surface area contributed by atoms with Crippen LogP contribution in [0.25, 0.3) is 0 Å². The van der Waals surface area contributed by atoms with Crippen molar-refractivity contribution in [3.63, 3.8) is 0 Å². The Balaban J connectivity index is 3.37. The Labute approximate surface area is 63.8 Å². The Bertz CT molecular complexity index is 208. The van der Waals surface area contributed by atoms with Crippen LogP contribution in [-0.4, -0.2) is 22.2 Å². The molecule has 0 radical (unpaired) electrons. The molecule has 4 nitrogen and oxygen atoms in total. The van der Waals surface area contributed by atoms with Crippen molar-refractivity contribution in [1.82, 2.24) is 0 Å². The molecule has 0 aromatic carbocycles. The van der Waals surface area contributed by atoms with Gasteiger partial charge in [-0.15, -0.1) is 0 Å². The zero-order chi connectivity index (χ0) is 8.69. The smallest absolute Gasteiger partial charge is 0.381 e. The molecule has 0 saturated carbocycles. The SMILES string of the molecule is O=C(O)C#CCCCC(=O)O. The van der Waals surface area contributed by atoms with Crippen LogP contribution < -0.4 is 0 Å². The van der Waals surface area contributed by atoms with E-state index in [2.05, 4.69) is 5.92 Å². The van der Waals surface area contributed by atoms with Crippen LogP contribution in [-0.2, 0) is 9.59 Å². The highest BCUT2D eigenvalue weighted by Crippen LogP contribution is 1.92. The summed E-state index contributed by atoms with van der Waals surface area (Å²) in [5, 5.41) is 16.2. The lowest BCUT2D eigenvalue weighted by Crippen LogP contribution is -1.93. The monoisotopic (exact) mass is 156 g/mol. The maximum atomic E-state index is 9.93. The van der Waals surface area contributed by atoms with Crippen molar-refractivity contribution in [2.24, 2.45) is 0 Å². The van der Waals surface area contributed by atoms with Gasteiger partial charge in [0.25, 0.3) is 0 Å². The molecular weight excluding hydrogens is 148 g/mol. The van der Waals surface area contributed by atoms with Gasteiger partial charge in [-0.2, -0.15) is 0 Å². The molecule has 0 unspecified atom stereocenters. The molecule has 11 heavy (non-hydrogen) atoms. The van der Waals surface area contributed by atoms with Crippen molar-refractivity contribution in [1.29, 1.82) is 0 Å². The van der Waals surface area contributed by atoms with E-state index >= 15 is 0 Å². The Morgan fingerprint density at radius 1 is 1.27 bits per heavy atom. The van der Waals surface area contributed by atoms with Gasteiger partial charge in [0.2, 0.25) is 0 Å². The number of rotatable bonds is 3. The summed E-state index contributed by atoms with van der Waals surface area (Å²) in [7, 11) is 0. The molecule has 2 N–H and O–H groups in total. The van der Waals surface area contributed by atoms with Gasteiger partial charge in [-0.3, -0.25) is 4.79 Å². The third-order valence-corrected chi connectivity index (χ3v) is 0.888. The lowest BCUT2D eigenvalue weighted by atomic mass is 10.2. The second-order valence-electron chi connectivity index (χ2n) is 1.85. The number of unbranched alkanes of at least 4 members (excludes halogenated alkanes) is 1. The molecule has 4 heteroatoms. The first kappa shape index (κ1) is 9.50. The molecule has 60 valence electrons. The lowest BCUT2D eigenvalue weighted by Gasteiger charge is -1.86. The largest absolute Gasteiger partial charge is 0.481 e. The van der Waals surface area contributed by atoms with Gasteiger partial charge >= 0.3 is 11.9 Å². The summed E-state index contributed by atoms with van der Waals surface area (Å²) >= 11 is 0. The maximum absolute atomic E-state index is 9.93. The summed E-state index contributed by atoms with van der Waals surface area (Å²) in [5.41, 5.74) is 0. The molecule has 0 aromatic heterocycles. The number of hydrogen-bond donors (Lipinski definition) is 2. The molecule has 0 aliphatic rings. The van der Waals surface area contributed by atoms with Gasteiger partial charge in [0.05, 0.1) is 0 Å². The van der Waals surface area contributed by atoms with Crippen molar-refractivity contribution in [2.45, 2.75) is 19.3 Å². The second-order valence-corrected chi connectivity index (χ2v) is 1.85. The van der Waals surface area contributed by atoms with E-state index in [1.54, 1.807) is 0 Å². The summed E-state index contributed by atoms with van der Waals surface area (Å²) in [6.07, 6.45) is 0.752. The molecule has 0 fully saturated rings.